The Bertz CT molecular complexity index is 363. The predicted molar refractivity (Wildman–Crippen MR) is 62.5 cm³/mol. The van der Waals surface area contributed by atoms with Crippen LogP contribution in [0.15, 0.2) is 28.9 Å². The third kappa shape index (κ3) is 5.32. The number of hydrogen-bond acceptors (Lipinski definition) is 2. The Morgan fingerprint density at radius 2 is 2.33 bits per heavy atom. The third-order valence-corrected chi connectivity index (χ3v) is 2.23. The van der Waals surface area contributed by atoms with Gasteiger partial charge >= 0.3 is 5.97 Å². The van der Waals surface area contributed by atoms with Gasteiger partial charge in [0.25, 0.3) is 0 Å². The average molecular weight is 270 g/mol. The van der Waals surface area contributed by atoms with Crippen LogP contribution in [0.2, 0.25) is 0 Å². The Balaban J connectivity index is 2.35. The molecular formula is C11H12BrNO2. The molecule has 1 rings (SSSR count). The Labute approximate surface area is 97.0 Å². The fourth-order valence-corrected chi connectivity index (χ4v) is 1.45. The molecule has 1 aromatic heterocycles. The molecule has 1 heterocycles. The maximum atomic E-state index is 10.2. The van der Waals surface area contributed by atoms with Gasteiger partial charge in [-0.15, -0.1) is 0 Å². The van der Waals surface area contributed by atoms with Gasteiger partial charge in [-0.2, -0.15) is 0 Å². The van der Waals surface area contributed by atoms with E-state index in [1.54, 1.807) is 0 Å². The molecule has 0 spiro atoms. The summed E-state index contributed by atoms with van der Waals surface area (Å²) in [7, 11) is 0. The summed E-state index contributed by atoms with van der Waals surface area (Å²) in [6.07, 6.45) is 5.49. The minimum absolute atomic E-state index is 0.219. The monoisotopic (exact) mass is 269 g/mol. The summed E-state index contributed by atoms with van der Waals surface area (Å²) in [5.41, 5.74) is 0.875. The molecule has 0 aliphatic rings. The van der Waals surface area contributed by atoms with Crippen LogP contribution in [0.3, 0.4) is 0 Å². The highest BCUT2D eigenvalue weighted by molar-refractivity contribution is 9.10. The molecule has 0 aliphatic heterocycles. The molecule has 15 heavy (non-hydrogen) atoms. The highest BCUT2D eigenvalue weighted by Gasteiger charge is 1.94. The van der Waals surface area contributed by atoms with Crippen LogP contribution in [-0.2, 0) is 4.79 Å². The van der Waals surface area contributed by atoms with Gasteiger partial charge in [-0.3, -0.25) is 4.79 Å². The Hall–Kier alpha value is -1.16. The number of allylic oxidation sites excluding steroid dienone is 1. The van der Waals surface area contributed by atoms with Crippen molar-refractivity contribution in [2.24, 2.45) is 0 Å². The highest BCUT2D eigenvalue weighted by Crippen LogP contribution is 2.08. The zero-order valence-corrected chi connectivity index (χ0v) is 9.77. The van der Waals surface area contributed by atoms with Crippen LogP contribution in [0.1, 0.15) is 25.0 Å². The maximum absolute atomic E-state index is 10.2. The van der Waals surface area contributed by atoms with Gasteiger partial charge in [0.05, 0.1) is 5.69 Å². The van der Waals surface area contributed by atoms with E-state index in [0.717, 1.165) is 16.7 Å². The average Bonchev–Trinajstić information content (AvgIpc) is 2.17. The van der Waals surface area contributed by atoms with Crippen LogP contribution >= 0.6 is 15.9 Å². The number of nitrogens with zero attached hydrogens (tertiary/aromatic N) is 1. The van der Waals surface area contributed by atoms with Crippen molar-refractivity contribution in [2.75, 3.05) is 0 Å². The van der Waals surface area contributed by atoms with Gasteiger partial charge in [-0.1, -0.05) is 12.1 Å². The van der Waals surface area contributed by atoms with Crippen LogP contribution in [0.4, 0.5) is 0 Å². The minimum Gasteiger partial charge on any atom is -0.481 e. The highest BCUT2D eigenvalue weighted by atomic mass is 79.9. The molecule has 0 aliphatic carbocycles. The van der Waals surface area contributed by atoms with Crippen molar-refractivity contribution in [1.29, 1.82) is 0 Å². The topological polar surface area (TPSA) is 50.2 Å². The zero-order chi connectivity index (χ0) is 11.1. The second-order valence-corrected chi connectivity index (χ2v) is 3.89. The molecule has 1 N–H and O–H groups in total. The van der Waals surface area contributed by atoms with Crippen LogP contribution in [0, 0.1) is 0 Å². The number of pyridine rings is 1. The number of halogens is 1. The molecule has 4 heteroatoms. The van der Waals surface area contributed by atoms with Crippen LogP contribution in [0.25, 0.3) is 6.08 Å². The van der Waals surface area contributed by atoms with Crippen LogP contribution in [-0.4, -0.2) is 16.1 Å². The van der Waals surface area contributed by atoms with Crippen molar-refractivity contribution in [1.82, 2.24) is 4.98 Å². The first-order valence-corrected chi connectivity index (χ1v) is 5.48. The number of rotatable bonds is 5. The SMILES string of the molecule is O=C(O)CCCC=Cc1cccc(Br)n1. The lowest BCUT2D eigenvalue weighted by Crippen LogP contribution is -1.92. The molecule has 0 radical (unpaired) electrons. The van der Waals surface area contributed by atoms with Gasteiger partial charge in [0, 0.05) is 6.42 Å². The van der Waals surface area contributed by atoms with Crippen molar-refractivity contribution < 1.29 is 9.90 Å². The summed E-state index contributed by atoms with van der Waals surface area (Å²) in [4.78, 5) is 14.5. The number of carboxylic acids is 1. The standard InChI is InChI=1S/C11H12BrNO2/c12-10-7-4-6-9(13-10)5-2-1-3-8-11(14)15/h2,4-7H,1,3,8H2,(H,14,15). The van der Waals surface area contributed by atoms with E-state index in [2.05, 4.69) is 20.9 Å². The molecular weight excluding hydrogens is 258 g/mol. The summed E-state index contributed by atoms with van der Waals surface area (Å²) in [6, 6.07) is 5.67. The molecule has 0 aromatic carbocycles. The van der Waals surface area contributed by atoms with Crippen LogP contribution < -0.4 is 0 Å². The van der Waals surface area contributed by atoms with Gasteiger partial charge in [0.1, 0.15) is 4.60 Å². The van der Waals surface area contributed by atoms with Gasteiger partial charge in [0.15, 0.2) is 0 Å². The van der Waals surface area contributed by atoms with E-state index in [4.69, 9.17) is 5.11 Å². The number of aliphatic carboxylic acids is 1. The number of carbonyl (C=O) groups is 1. The van der Waals surface area contributed by atoms with E-state index in [-0.39, 0.29) is 6.42 Å². The number of unbranched alkanes of at least 4 members (excludes halogenated alkanes) is 1. The Morgan fingerprint density at radius 3 is 3.00 bits per heavy atom. The molecule has 0 bridgehead atoms. The zero-order valence-electron chi connectivity index (χ0n) is 8.19. The molecule has 0 saturated heterocycles. The predicted octanol–water partition coefficient (Wildman–Crippen LogP) is 3.11. The molecule has 0 fully saturated rings. The fourth-order valence-electron chi connectivity index (χ4n) is 1.09. The lowest BCUT2D eigenvalue weighted by Gasteiger charge is -1.94. The first-order valence-electron chi connectivity index (χ1n) is 4.69. The first kappa shape index (κ1) is 11.9. The molecule has 3 nitrogen and oxygen atoms in total. The molecule has 0 saturated carbocycles. The smallest absolute Gasteiger partial charge is 0.303 e. The lowest BCUT2D eigenvalue weighted by molar-refractivity contribution is -0.137. The van der Waals surface area contributed by atoms with E-state index in [0.29, 0.717) is 6.42 Å². The second-order valence-electron chi connectivity index (χ2n) is 3.07. The number of hydrogen-bond donors (Lipinski definition) is 1. The molecule has 80 valence electrons. The molecule has 0 atom stereocenters. The van der Waals surface area contributed by atoms with E-state index in [1.165, 1.54) is 0 Å². The summed E-state index contributed by atoms with van der Waals surface area (Å²) in [6.45, 7) is 0. The van der Waals surface area contributed by atoms with E-state index >= 15 is 0 Å². The van der Waals surface area contributed by atoms with Gasteiger partial charge in [0.2, 0.25) is 0 Å². The largest absolute Gasteiger partial charge is 0.481 e. The Kier molecular flexibility index (Phi) is 5.04. The summed E-state index contributed by atoms with van der Waals surface area (Å²) < 4.78 is 0.801. The quantitative estimate of drug-likeness (QED) is 0.660. The van der Waals surface area contributed by atoms with E-state index in [1.807, 2.05) is 30.4 Å². The fraction of sp³-hybridized carbons (Fsp3) is 0.273. The van der Waals surface area contributed by atoms with Crippen molar-refractivity contribution in [3.05, 3.63) is 34.6 Å². The van der Waals surface area contributed by atoms with Crippen molar-refractivity contribution >= 4 is 28.0 Å². The summed E-state index contributed by atoms with van der Waals surface area (Å²) in [5.74, 6) is -0.746. The van der Waals surface area contributed by atoms with Crippen molar-refractivity contribution in [3.63, 3.8) is 0 Å². The summed E-state index contributed by atoms with van der Waals surface area (Å²) in [5, 5.41) is 8.42. The van der Waals surface area contributed by atoms with Gasteiger partial charge < -0.3 is 5.11 Å². The minimum atomic E-state index is -0.746. The first-order chi connectivity index (χ1) is 7.18. The Morgan fingerprint density at radius 1 is 1.53 bits per heavy atom. The maximum Gasteiger partial charge on any atom is 0.303 e. The van der Waals surface area contributed by atoms with Gasteiger partial charge in [-0.25, -0.2) is 4.98 Å². The van der Waals surface area contributed by atoms with Crippen molar-refractivity contribution in [3.8, 4) is 0 Å². The normalized spacial score (nSPS) is 10.7. The van der Waals surface area contributed by atoms with Crippen LogP contribution in [0.5, 0.6) is 0 Å². The molecule has 0 unspecified atom stereocenters. The molecule has 1 aromatic rings. The van der Waals surface area contributed by atoms with Gasteiger partial charge in [-0.05, 0) is 47.0 Å². The van der Waals surface area contributed by atoms with E-state index < -0.39 is 5.97 Å². The number of carboxylic acid groups (broad SMARTS) is 1. The summed E-state index contributed by atoms with van der Waals surface area (Å²) >= 11 is 3.28. The molecule has 0 amide bonds. The lowest BCUT2D eigenvalue weighted by atomic mass is 10.2. The second kappa shape index (κ2) is 6.35. The van der Waals surface area contributed by atoms with E-state index in [9.17, 15) is 4.79 Å². The third-order valence-electron chi connectivity index (χ3n) is 1.79. The number of aromatic nitrogens is 1. The van der Waals surface area contributed by atoms with Crippen molar-refractivity contribution in [2.45, 2.75) is 19.3 Å².